The number of nitrogens with zero attached hydrogens (tertiary/aromatic N) is 2. The second-order valence-electron chi connectivity index (χ2n) is 7.39. The summed E-state index contributed by atoms with van der Waals surface area (Å²) in [6.45, 7) is 1.66. The highest BCUT2D eigenvalue weighted by atomic mass is 32.2. The molecule has 148 valence electrons. The molecule has 7 heteroatoms. The van der Waals surface area contributed by atoms with Crippen molar-refractivity contribution < 1.29 is 13.2 Å². The summed E-state index contributed by atoms with van der Waals surface area (Å²) in [6, 6.07) is 15.8. The third kappa shape index (κ3) is 3.29. The normalized spacial score (nSPS) is 22.0. The molecule has 2 heterocycles. The largest absolute Gasteiger partial charge is 0.331 e. The molecule has 2 aromatic carbocycles. The first-order valence-electron chi connectivity index (χ1n) is 9.66. The minimum Gasteiger partial charge on any atom is -0.331 e. The van der Waals surface area contributed by atoms with Gasteiger partial charge in [0.15, 0.2) is 0 Å². The third-order valence-electron chi connectivity index (χ3n) is 5.76. The average molecular weight is 400 g/mol. The summed E-state index contributed by atoms with van der Waals surface area (Å²) >= 11 is 0. The highest BCUT2D eigenvalue weighted by molar-refractivity contribution is 7.92. The number of amides is 1. The van der Waals surface area contributed by atoms with Crippen molar-refractivity contribution in [2.75, 3.05) is 24.4 Å². The Hall–Kier alpha value is -2.38. The maximum atomic E-state index is 13.5. The topological polar surface area (TPSA) is 69.7 Å². The molecule has 2 saturated heterocycles. The lowest BCUT2D eigenvalue weighted by Crippen LogP contribution is -2.43. The molecule has 4 rings (SSSR count). The maximum Gasteiger partial charge on any atom is 0.264 e. The van der Waals surface area contributed by atoms with E-state index in [0.717, 1.165) is 32.4 Å². The maximum absolute atomic E-state index is 13.5. The zero-order chi connectivity index (χ0) is 19.7. The highest BCUT2D eigenvalue weighted by Crippen LogP contribution is 2.32. The number of carbonyl (C=O) groups excluding carboxylic acids is 1. The number of rotatable bonds is 4. The monoisotopic (exact) mass is 399 g/mol. The van der Waals surface area contributed by atoms with Gasteiger partial charge >= 0.3 is 0 Å². The summed E-state index contributed by atoms with van der Waals surface area (Å²) < 4.78 is 27.9. The van der Waals surface area contributed by atoms with Crippen LogP contribution in [0, 0.1) is 0 Å². The van der Waals surface area contributed by atoms with Gasteiger partial charge in [-0.25, -0.2) is 8.42 Å². The Bertz CT molecular complexity index is 948. The molecule has 1 amide bonds. The van der Waals surface area contributed by atoms with Crippen LogP contribution in [0.3, 0.4) is 0 Å². The van der Waals surface area contributed by atoms with Gasteiger partial charge in [-0.05, 0) is 50.1 Å². The Morgan fingerprint density at radius 3 is 2.46 bits per heavy atom. The van der Waals surface area contributed by atoms with Crippen molar-refractivity contribution in [3.63, 3.8) is 0 Å². The molecule has 2 aliphatic heterocycles. The summed E-state index contributed by atoms with van der Waals surface area (Å²) in [6.07, 6.45) is 2.85. The van der Waals surface area contributed by atoms with Crippen molar-refractivity contribution in [3.8, 4) is 0 Å². The van der Waals surface area contributed by atoms with Crippen LogP contribution in [0.25, 0.3) is 0 Å². The SMILES string of the molecule is CN(c1ccccc1)S(=O)(=O)c1ccccc1C(=O)N1C2CCNCC1CC2. The Kier molecular flexibility index (Phi) is 5.12. The van der Waals surface area contributed by atoms with Gasteiger partial charge in [0.2, 0.25) is 0 Å². The first-order chi connectivity index (χ1) is 13.5. The summed E-state index contributed by atoms with van der Waals surface area (Å²) in [7, 11) is -2.34. The lowest BCUT2D eigenvalue weighted by molar-refractivity contribution is 0.0676. The van der Waals surface area contributed by atoms with Crippen LogP contribution in [0.2, 0.25) is 0 Å². The fourth-order valence-electron chi connectivity index (χ4n) is 4.25. The first-order valence-corrected chi connectivity index (χ1v) is 11.1. The molecule has 0 saturated carbocycles. The molecule has 2 aliphatic rings. The van der Waals surface area contributed by atoms with Gasteiger partial charge in [0.25, 0.3) is 15.9 Å². The molecule has 1 N–H and O–H groups in total. The molecular formula is C21H25N3O3S. The molecule has 2 atom stereocenters. The van der Waals surface area contributed by atoms with Crippen LogP contribution in [0.4, 0.5) is 5.69 Å². The van der Waals surface area contributed by atoms with Crippen molar-refractivity contribution in [2.45, 2.75) is 36.2 Å². The fraction of sp³-hybridized carbons (Fsp3) is 0.381. The number of hydrogen-bond donors (Lipinski definition) is 1. The molecule has 28 heavy (non-hydrogen) atoms. The molecule has 0 aliphatic carbocycles. The van der Waals surface area contributed by atoms with Gasteiger partial charge in [-0.1, -0.05) is 30.3 Å². The minimum absolute atomic E-state index is 0.0583. The van der Waals surface area contributed by atoms with Crippen LogP contribution in [0.1, 0.15) is 29.6 Å². The predicted octanol–water partition coefficient (Wildman–Crippen LogP) is 2.48. The van der Waals surface area contributed by atoms with E-state index < -0.39 is 10.0 Å². The van der Waals surface area contributed by atoms with E-state index >= 15 is 0 Å². The van der Waals surface area contributed by atoms with Crippen LogP contribution >= 0.6 is 0 Å². The number of fused-ring (bicyclic) bond motifs is 2. The molecule has 2 bridgehead atoms. The standard InChI is InChI=1S/C21H25N3O3S/c1-23(16-7-3-2-4-8-16)28(26,27)20-10-6-5-9-19(20)21(25)24-17-11-12-18(24)15-22-14-13-17/h2-10,17-18,22H,11-15H2,1H3. The van der Waals surface area contributed by atoms with E-state index in [-0.39, 0.29) is 28.4 Å². The summed E-state index contributed by atoms with van der Waals surface area (Å²) in [5.74, 6) is -0.183. The van der Waals surface area contributed by atoms with E-state index in [0.29, 0.717) is 5.69 Å². The molecule has 0 radical (unpaired) electrons. The summed E-state index contributed by atoms with van der Waals surface area (Å²) in [5, 5.41) is 3.38. The second-order valence-corrected chi connectivity index (χ2v) is 9.33. The van der Waals surface area contributed by atoms with E-state index in [1.54, 1.807) is 42.5 Å². The summed E-state index contributed by atoms with van der Waals surface area (Å²) in [4.78, 5) is 15.4. The van der Waals surface area contributed by atoms with Crippen LogP contribution in [0.5, 0.6) is 0 Å². The first kappa shape index (κ1) is 19.0. The number of nitrogens with one attached hydrogen (secondary N) is 1. The van der Waals surface area contributed by atoms with E-state index in [1.807, 2.05) is 11.0 Å². The summed E-state index contributed by atoms with van der Waals surface area (Å²) in [5.41, 5.74) is 0.813. The molecule has 2 aromatic rings. The van der Waals surface area contributed by atoms with Crippen LogP contribution in [-0.2, 0) is 10.0 Å². The molecule has 2 fully saturated rings. The van der Waals surface area contributed by atoms with Gasteiger partial charge in [0, 0.05) is 25.7 Å². The van der Waals surface area contributed by atoms with Crippen molar-refractivity contribution in [1.82, 2.24) is 10.2 Å². The molecule has 0 spiro atoms. The predicted molar refractivity (Wildman–Crippen MR) is 109 cm³/mol. The van der Waals surface area contributed by atoms with Gasteiger partial charge in [-0.2, -0.15) is 0 Å². The number of para-hydroxylation sites is 1. The molecular weight excluding hydrogens is 374 g/mol. The number of anilines is 1. The quantitative estimate of drug-likeness (QED) is 0.858. The lowest BCUT2D eigenvalue weighted by atomic mass is 10.1. The van der Waals surface area contributed by atoms with Crippen molar-refractivity contribution in [3.05, 3.63) is 60.2 Å². The van der Waals surface area contributed by atoms with Crippen molar-refractivity contribution >= 4 is 21.6 Å². The van der Waals surface area contributed by atoms with Gasteiger partial charge in [-0.15, -0.1) is 0 Å². The van der Waals surface area contributed by atoms with Crippen LogP contribution in [-0.4, -0.2) is 51.4 Å². The Balaban J connectivity index is 1.72. The van der Waals surface area contributed by atoms with E-state index in [1.165, 1.54) is 17.4 Å². The Morgan fingerprint density at radius 1 is 1.00 bits per heavy atom. The zero-order valence-corrected chi connectivity index (χ0v) is 16.7. The van der Waals surface area contributed by atoms with E-state index in [4.69, 9.17) is 0 Å². The van der Waals surface area contributed by atoms with Gasteiger partial charge < -0.3 is 10.2 Å². The average Bonchev–Trinajstić information content (AvgIpc) is 3.00. The molecule has 6 nitrogen and oxygen atoms in total. The second kappa shape index (κ2) is 7.56. The Morgan fingerprint density at radius 2 is 1.68 bits per heavy atom. The third-order valence-corrected chi connectivity index (χ3v) is 7.61. The smallest absolute Gasteiger partial charge is 0.264 e. The number of benzene rings is 2. The van der Waals surface area contributed by atoms with Crippen LogP contribution in [0.15, 0.2) is 59.5 Å². The Labute approximate surface area is 166 Å². The number of sulfonamides is 1. The fourth-order valence-corrected chi connectivity index (χ4v) is 5.62. The lowest BCUT2D eigenvalue weighted by Gasteiger charge is -2.29. The number of hydrogen-bond acceptors (Lipinski definition) is 4. The van der Waals surface area contributed by atoms with Gasteiger partial charge in [0.1, 0.15) is 4.90 Å². The van der Waals surface area contributed by atoms with E-state index in [2.05, 4.69) is 5.32 Å². The van der Waals surface area contributed by atoms with E-state index in [9.17, 15) is 13.2 Å². The van der Waals surface area contributed by atoms with Gasteiger partial charge in [0.05, 0.1) is 11.3 Å². The van der Waals surface area contributed by atoms with Crippen LogP contribution < -0.4 is 9.62 Å². The molecule has 2 unspecified atom stereocenters. The van der Waals surface area contributed by atoms with Crippen molar-refractivity contribution in [1.29, 1.82) is 0 Å². The molecule has 0 aromatic heterocycles. The number of carbonyl (C=O) groups is 1. The minimum atomic E-state index is -3.86. The highest BCUT2D eigenvalue weighted by Gasteiger charge is 2.40. The zero-order valence-electron chi connectivity index (χ0n) is 15.9. The van der Waals surface area contributed by atoms with Crippen molar-refractivity contribution in [2.24, 2.45) is 0 Å². The van der Waals surface area contributed by atoms with Gasteiger partial charge in [-0.3, -0.25) is 9.10 Å².